The number of halogens is 4. The summed E-state index contributed by atoms with van der Waals surface area (Å²) in [5.41, 5.74) is 1.17. The molecule has 0 aliphatic carbocycles. The molecule has 0 radical (unpaired) electrons. The number of carbonyl (C=O) groups excluding carboxylic acids is 1. The predicted molar refractivity (Wildman–Crippen MR) is 125 cm³/mol. The van der Waals surface area contributed by atoms with E-state index in [0.29, 0.717) is 32.4 Å². The lowest BCUT2D eigenvalue weighted by Gasteiger charge is -2.08. The summed E-state index contributed by atoms with van der Waals surface area (Å²) in [6.45, 7) is 0.522. The van der Waals surface area contributed by atoms with Crippen LogP contribution in [-0.2, 0) is 13.3 Å². The van der Waals surface area contributed by atoms with Gasteiger partial charge < -0.3 is 10.1 Å². The maximum atomic E-state index is 12.6. The standard InChI is InChI=1S/C21H15Cl4N5O2/c22-14-6-4-13(5-7-14)10-30-11-16(24)20(28-30)26-21(31)17-8-9-29(27-17)12-32-18-3-1-2-15(23)19(18)25/h1-9,11H,10,12H2,(H,26,28,31). The second-order valence-corrected chi connectivity index (χ2v) is 8.30. The Kier molecular flexibility index (Phi) is 6.91. The van der Waals surface area contributed by atoms with Crippen LogP contribution in [0.1, 0.15) is 16.1 Å². The Bertz CT molecular complexity index is 1250. The van der Waals surface area contributed by atoms with E-state index in [0.717, 1.165) is 5.56 Å². The van der Waals surface area contributed by atoms with Crippen molar-refractivity contribution in [3.05, 3.63) is 92.3 Å². The number of hydrogen-bond acceptors (Lipinski definition) is 4. The molecule has 0 unspecified atom stereocenters. The molecule has 2 aromatic carbocycles. The van der Waals surface area contributed by atoms with E-state index in [1.54, 1.807) is 53.5 Å². The maximum Gasteiger partial charge on any atom is 0.277 e. The molecule has 4 aromatic rings. The molecule has 0 aliphatic rings. The Morgan fingerprint density at radius 3 is 2.50 bits per heavy atom. The van der Waals surface area contributed by atoms with Crippen LogP contribution in [0, 0.1) is 0 Å². The Hall–Kier alpha value is -2.71. The van der Waals surface area contributed by atoms with Crippen molar-refractivity contribution in [1.82, 2.24) is 19.6 Å². The van der Waals surface area contributed by atoms with Gasteiger partial charge in [-0.25, -0.2) is 4.68 Å². The molecule has 1 N–H and O–H groups in total. The van der Waals surface area contributed by atoms with Crippen molar-refractivity contribution in [2.75, 3.05) is 5.32 Å². The van der Waals surface area contributed by atoms with Gasteiger partial charge in [-0.05, 0) is 35.9 Å². The van der Waals surface area contributed by atoms with Crippen LogP contribution in [0.4, 0.5) is 5.82 Å². The lowest BCUT2D eigenvalue weighted by Crippen LogP contribution is -2.15. The highest BCUT2D eigenvalue weighted by molar-refractivity contribution is 6.42. The summed E-state index contributed by atoms with van der Waals surface area (Å²) in [6, 6.07) is 14.0. The van der Waals surface area contributed by atoms with Gasteiger partial charge in [0.1, 0.15) is 15.8 Å². The fourth-order valence-corrected chi connectivity index (χ4v) is 3.47. The summed E-state index contributed by atoms with van der Waals surface area (Å²) in [5, 5.41) is 12.9. The van der Waals surface area contributed by atoms with Gasteiger partial charge in [-0.2, -0.15) is 10.2 Å². The van der Waals surface area contributed by atoms with Crippen LogP contribution >= 0.6 is 46.4 Å². The summed E-state index contributed by atoms with van der Waals surface area (Å²) in [7, 11) is 0. The largest absolute Gasteiger partial charge is 0.470 e. The number of carbonyl (C=O) groups is 1. The maximum absolute atomic E-state index is 12.6. The minimum atomic E-state index is -0.455. The van der Waals surface area contributed by atoms with Crippen LogP contribution in [0.2, 0.25) is 20.1 Å². The number of rotatable bonds is 7. The molecule has 0 saturated carbocycles. The molecule has 7 nitrogen and oxygen atoms in total. The molecule has 2 heterocycles. The van der Waals surface area contributed by atoms with Crippen LogP contribution in [-0.4, -0.2) is 25.5 Å². The van der Waals surface area contributed by atoms with Gasteiger partial charge in [0.25, 0.3) is 5.91 Å². The van der Waals surface area contributed by atoms with Gasteiger partial charge in [-0.3, -0.25) is 9.48 Å². The number of ether oxygens (including phenoxy) is 1. The highest BCUT2D eigenvalue weighted by Gasteiger charge is 2.15. The van der Waals surface area contributed by atoms with Gasteiger partial charge in [-0.15, -0.1) is 0 Å². The molecule has 0 fully saturated rings. The quantitative estimate of drug-likeness (QED) is 0.329. The Morgan fingerprint density at radius 2 is 1.72 bits per heavy atom. The normalized spacial score (nSPS) is 10.9. The van der Waals surface area contributed by atoms with Crippen molar-refractivity contribution in [3.8, 4) is 5.75 Å². The number of amides is 1. The van der Waals surface area contributed by atoms with Gasteiger partial charge in [0.15, 0.2) is 18.2 Å². The number of benzene rings is 2. The lowest BCUT2D eigenvalue weighted by atomic mass is 10.2. The molecule has 0 atom stereocenters. The summed E-state index contributed by atoms with van der Waals surface area (Å²) >= 11 is 24.2. The van der Waals surface area contributed by atoms with E-state index in [-0.39, 0.29) is 18.2 Å². The molecular weight excluding hydrogens is 496 g/mol. The zero-order valence-electron chi connectivity index (χ0n) is 16.3. The first-order chi connectivity index (χ1) is 15.4. The minimum absolute atomic E-state index is 0.0455. The average Bonchev–Trinajstić information content (AvgIpc) is 3.37. The number of aromatic nitrogens is 4. The molecule has 32 heavy (non-hydrogen) atoms. The first kappa shape index (κ1) is 22.5. The highest BCUT2D eigenvalue weighted by Crippen LogP contribution is 2.31. The summed E-state index contributed by atoms with van der Waals surface area (Å²) in [6.07, 6.45) is 3.24. The van der Waals surface area contributed by atoms with Crippen molar-refractivity contribution in [2.45, 2.75) is 13.3 Å². The van der Waals surface area contributed by atoms with Crippen molar-refractivity contribution < 1.29 is 9.53 Å². The van der Waals surface area contributed by atoms with Crippen LogP contribution in [0.15, 0.2) is 60.9 Å². The van der Waals surface area contributed by atoms with E-state index < -0.39 is 5.91 Å². The fraction of sp³-hybridized carbons (Fsp3) is 0.0952. The number of nitrogens with one attached hydrogen (secondary N) is 1. The summed E-state index contributed by atoms with van der Waals surface area (Å²) < 4.78 is 8.69. The molecule has 0 spiro atoms. The van der Waals surface area contributed by atoms with Crippen LogP contribution in [0.25, 0.3) is 0 Å². The zero-order chi connectivity index (χ0) is 22.7. The molecule has 2 aromatic heterocycles. The third-order valence-electron chi connectivity index (χ3n) is 4.35. The van der Waals surface area contributed by atoms with Gasteiger partial charge >= 0.3 is 0 Å². The molecule has 0 aliphatic heterocycles. The first-order valence-corrected chi connectivity index (χ1v) is 10.8. The monoisotopic (exact) mass is 509 g/mol. The zero-order valence-corrected chi connectivity index (χ0v) is 19.3. The highest BCUT2D eigenvalue weighted by atomic mass is 35.5. The predicted octanol–water partition coefficient (Wildman–Crippen LogP) is 6.03. The molecule has 11 heteroatoms. The minimum Gasteiger partial charge on any atom is -0.470 e. The first-order valence-electron chi connectivity index (χ1n) is 9.28. The van der Waals surface area contributed by atoms with Crippen LogP contribution in [0.3, 0.4) is 0 Å². The summed E-state index contributed by atoms with van der Waals surface area (Å²) in [4.78, 5) is 12.6. The smallest absolute Gasteiger partial charge is 0.277 e. The van der Waals surface area contributed by atoms with E-state index in [9.17, 15) is 4.79 Å². The Morgan fingerprint density at radius 1 is 0.938 bits per heavy atom. The van der Waals surface area contributed by atoms with Crippen molar-refractivity contribution in [1.29, 1.82) is 0 Å². The van der Waals surface area contributed by atoms with Crippen LogP contribution < -0.4 is 10.1 Å². The van der Waals surface area contributed by atoms with Crippen molar-refractivity contribution in [3.63, 3.8) is 0 Å². The van der Waals surface area contributed by atoms with Gasteiger partial charge in [0, 0.05) is 17.4 Å². The topological polar surface area (TPSA) is 74.0 Å². The van der Waals surface area contributed by atoms with E-state index in [1.165, 1.54) is 4.68 Å². The van der Waals surface area contributed by atoms with E-state index in [2.05, 4.69) is 15.5 Å². The molecule has 164 valence electrons. The number of hydrogen-bond donors (Lipinski definition) is 1. The van der Waals surface area contributed by atoms with E-state index >= 15 is 0 Å². The molecular formula is C21H15Cl4N5O2. The number of anilines is 1. The van der Waals surface area contributed by atoms with Crippen molar-refractivity contribution in [2.24, 2.45) is 0 Å². The van der Waals surface area contributed by atoms with Crippen molar-refractivity contribution >= 4 is 58.1 Å². The summed E-state index contributed by atoms with van der Waals surface area (Å²) in [5.74, 6) is 0.198. The second-order valence-electron chi connectivity index (χ2n) is 6.67. The van der Waals surface area contributed by atoms with Gasteiger partial charge in [-0.1, -0.05) is 64.6 Å². The number of nitrogens with zero attached hydrogens (tertiary/aromatic N) is 4. The fourth-order valence-electron chi connectivity index (χ4n) is 2.80. The van der Waals surface area contributed by atoms with E-state index in [1.807, 2.05) is 12.1 Å². The average molecular weight is 511 g/mol. The van der Waals surface area contributed by atoms with Crippen LogP contribution in [0.5, 0.6) is 5.75 Å². The van der Waals surface area contributed by atoms with E-state index in [4.69, 9.17) is 51.1 Å². The Labute approximate surface area is 203 Å². The third-order valence-corrected chi connectivity index (χ3v) is 5.68. The lowest BCUT2D eigenvalue weighted by molar-refractivity contribution is 0.101. The van der Waals surface area contributed by atoms with Gasteiger partial charge in [0.05, 0.1) is 11.6 Å². The van der Waals surface area contributed by atoms with Gasteiger partial charge in [0.2, 0.25) is 0 Å². The molecule has 0 saturated heterocycles. The Balaban J connectivity index is 1.38. The molecule has 0 bridgehead atoms. The molecule has 1 amide bonds. The molecule has 4 rings (SSSR count). The SMILES string of the molecule is O=C(Nc1nn(Cc2ccc(Cl)cc2)cc1Cl)c1ccn(COc2cccc(Cl)c2Cl)n1. The third kappa shape index (κ3) is 5.37. The second kappa shape index (κ2) is 9.83.